The van der Waals surface area contributed by atoms with Crippen LogP contribution in [0.15, 0.2) is 0 Å². The van der Waals surface area contributed by atoms with Crippen molar-refractivity contribution in [2.24, 2.45) is 0 Å². The first-order valence-electron chi connectivity index (χ1n) is 1.35. The van der Waals surface area contributed by atoms with Gasteiger partial charge in [-0.1, -0.05) is 6.92 Å². The van der Waals surface area contributed by atoms with E-state index in [0.717, 1.165) is 0 Å². The van der Waals surface area contributed by atoms with Crippen LogP contribution in [0.5, 0.6) is 0 Å². The van der Waals surface area contributed by atoms with E-state index in [1.807, 2.05) is 0 Å². The molecule has 0 rings (SSSR count). The van der Waals surface area contributed by atoms with Gasteiger partial charge in [-0.05, 0) is 0 Å². The van der Waals surface area contributed by atoms with Crippen LogP contribution >= 0.6 is 0 Å². The minimum Gasteiger partial charge on any atom is -0.369 e. The van der Waals surface area contributed by atoms with Crippen LogP contribution in [-0.4, -0.2) is 14.5 Å². The molecule has 0 heterocycles. The van der Waals surface area contributed by atoms with Gasteiger partial charge in [0.2, 0.25) is 0 Å². The van der Waals surface area contributed by atoms with Crippen LogP contribution in [0.3, 0.4) is 0 Å². The smallest absolute Gasteiger partial charge is 0.152 e. The van der Waals surface area contributed by atoms with Crippen molar-refractivity contribution in [2.75, 3.05) is 5.75 Å². The van der Waals surface area contributed by atoms with Crippen molar-refractivity contribution in [1.29, 1.82) is 0 Å². The fourth-order valence-corrected chi connectivity index (χ4v) is 0. The van der Waals surface area contributed by atoms with Gasteiger partial charge < -0.3 is 10.7 Å². The average molecular weight is 112 g/mol. The van der Waals surface area contributed by atoms with Crippen LogP contribution in [0.4, 0.5) is 0 Å². The first-order chi connectivity index (χ1) is 2.27. The van der Waals surface area contributed by atoms with Gasteiger partial charge in [0, 0.05) is 5.75 Å². The third kappa shape index (κ3) is 8.95. The molecule has 0 spiro atoms. The summed E-state index contributed by atoms with van der Waals surface area (Å²) in [6.45, 7) is 1.65. The third-order valence-corrected chi connectivity index (χ3v) is 0.741. The number of hydrogen-bond acceptors (Lipinski definition) is 1. The van der Waals surface area contributed by atoms with Crippen LogP contribution < -0.4 is 6.15 Å². The van der Waals surface area contributed by atoms with Crippen LogP contribution in [0, 0.1) is 0 Å². The van der Waals surface area contributed by atoms with Crippen LogP contribution in [0.1, 0.15) is 6.92 Å². The standard InChI is InChI=1S/C2H6O2S.H3N/c1-2-5(3)4;/h2H2,1H3,(H,3,4);1H3/p+1. The van der Waals surface area contributed by atoms with Gasteiger partial charge in [-0.2, -0.15) is 0 Å². The van der Waals surface area contributed by atoms with Crippen molar-refractivity contribution in [3.05, 3.63) is 0 Å². The Morgan fingerprint density at radius 1 is 1.83 bits per heavy atom. The normalized spacial score (nSPS) is 12.3. The topological polar surface area (TPSA) is 73.8 Å². The molecule has 0 bridgehead atoms. The molecular weight excluding hydrogens is 102 g/mol. The predicted molar refractivity (Wildman–Crippen MR) is 27.3 cm³/mol. The molecule has 3 nitrogen and oxygen atoms in total. The highest BCUT2D eigenvalue weighted by atomic mass is 32.2. The van der Waals surface area contributed by atoms with Gasteiger partial charge >= 0.3 is 0 Å². The molecule has 4 heteroatoms. The molecule has 0 saturated carbocycles. The van der Waals surface area contributed by atoms with E-state index in [9.17, 15) is 4.21 Å². The Morgan fingerprint density at radius 3 is 2.00 bits per heavy atom. The molecule has 0 aromatic rings. The fourth-order valence-electron chi connectivity index (χ4n) is 0. The predicted octanol–water partition coefficient (Wildman–Crippen LogP) is 0.604. The maximum absolute atomic E-state index is 9.48. The van der Waals surface area contributed by atoms with E-state index in [4.69, 9.17) is 4.55 Å². The van der Waals surface area contributed by atoms with E-state index in [0.29, 0.717) is 5.75 Å². The summed E-state index contributed by atoms with van der Waals surface area (Å²) in [6.07, 6.45) is 0. The van der Waals surface area contributed by atoms with Crippen molar-refractivity contribution in [1.82, 2.24) is 6.15 Å². The third-order valence-electron chi connectivity index (χ3n) is 0.247. The highest BCUT2D eigenvalue weighted by Crippen LogP contribution is 1.63. The first-order valence-corrected chi connectivity index (χ1v) is 2.62. The van der Waals surface area contributed by atoms with Crippen molar-refractivity contribution in [3.8, 4) is 0 Å². The molecule has 1 unspecified atom stereocenters. The van der Waals surface area contributed by atoms with E-state index in [1.54, 1.807) is 6.92 Å². The van der Waals surface area contributed by atoms with E-state index in [2.05, 4.69) is 0 Å². The monoisotopic (exact) mass is 112 g/mol. The molecular formula is C2H10NO2S+. The Hall–Kier alpha value is 0.0700. The zero-order chi connectivity index (χ0) is 4.28. The molecule has 1 atom stereocenters. The molecule has 0 amide bonds. The van der Waals surface area contributed by atoms with Crippen molar-refractivity contribution >= 4 is 11.1 Å². The first kappa shape index (κ1) is 9.42. The zero-order valence-electron chi connectivity index (χ0n) is 3.97. The molecule has 0 aliphatic rings. The Balaban J connectivity index is 0. The molecule has 0 aliphatic heterocycles. The van der Waals surface area contributed by atoms with Crippen LogP contribution in [0.25, 0.3) is 0 Å². The summed E-state index contributed by atoms with van der Waals surface area (Å²) < 4.78 is 17.3. The number of hydrogen-bond donors (Lipinski definition) is 2. The lowest BCUT2D eigenvalue weighted by molar-refractivity contribution is 0.566. The zero-order valence-corrected chi connectivity index (χ0v) is 4.79. The van der Waals surface area contributed by atoms with E-state index >= 15 is 0 Å². The second kappa shape index (κ2) is 5.07. The fraction of sp³-hybridized carbons (Fsp3) is 1.00. The largest absolute Gasteiger partial charge is 0.369 e. The van der Waals surface area contributed by atoms with Crippen molar-refractivity contribution in [2.45, 2.75) is 6.92 Å². The van der Waals surface area contributed by atoms with Crippen LogP contribution in [0.2, 0.25) is 0 Å². The quantitative estimate of drug-likeness (QED) is 0.487. The Labute approximate surface area is 39.6 Å². The van der Waals surface area contributed by atoms with Gasteiger partial charge in [-0.3, -0.25) is 0 Å². The summed E-state index contributed by atoms with van der Waals surface area (Å²) in [6, 6.07) is 0. The molecule has 0 aromatic heterocycles. The molecule has 40 valence electrons. The van der Waals surface area contributed by atoms with Crippen molar-refractivity contribution < 1.29 is 8.76 Å². The summed E-state index contributed by atoms with van der Waals surface area (Å²) in [5.41, 5.74) is 0. The van der Waals surface area contributed by atoms with Gasteiger partial charge in [-0.25, -0.2) is 4.21 Å². The molecule has 6 heavy (non-hydrogen) atoms. The molecule has 0 saturated heterocycles. The maximum atomic E-state index is 9.48. The molecule has 0 radical (unpaired) electrons. The van der Waals surface area contributed by atoms with Crippen LogP contribution in [-0.2, 0) is 11.1 Å². The van der Waals surface area contributed by atoms with Gasteiger partial charge in [-0.15, -0.1) is 0 Å². The Kier molecular flexibility index (Phi) is 7.96. The summed E-state index contributed by atoms with van der Waals surface area (Å²) in [4.78, 5) is 0. The summed E-state index contributed by atoms with van der Waals surface area (Å²) in [5, 5.41) is 0. The van der Waals surface area contributed by atoms with Gasteiger partial charge in [0.1, 0.15) is 0 Å². The minimum absolute atomic E-state index is 0. The highest BCUT2D eigenvalue weighted by Gasteiger charge is 1.76. The summed E-state index contributed by atoms with van der Waals surface area (Å²) in [5.74, 6) is 0.333. The maximum Gasteiger partial charge on any atom is 0.152 e. The average Bonchev–Trinajstić information content (AvgIpc) is 1.38. The minimum atomic E-state index is -1.57. The van der Waals surface area contributed by atoms with Gasteiger partial charge in [0.15, 0.2) is 11.1 Å². The van der Waals surface area contributed by atoms with E-state index in [1.165, 1.54) is 0 Å². The SMILES string of the molecule is CCS(=O)O.[NH4+]. The van der Waals surface area contributed by atoms with Gasteiger partial charge in [0.05, 0.1) is 0 Å². The Morgan fingerprint density at radius 2 is 2.00 bits per heavy atom. The number of quaternary nitrogens is 1. The Bertz CT molecular complexity index is 46.8. The second-order valence-electron chi connectivity index (χ2n) is 0.610. The lowest BCUT2D eigenvalue weighted by Crippen LogP contribution is -1.85. The van der Waals surface area contributed by atoms with E-state index in [-0.39, 0.29) is 6.15 Å². The highest BCUT2D eigenvalue weighted by molar-refractivity contribution is 7.79. The van der Waals surface area contributed by atoms with E-state index < -0.39 is 11.1 Å². The molecule has 0 aromatic carbocycles. The lowest BCUT2D eigenvalue weighted by Gasteiger charge is -1.73. The molecule has 0 aliphatic carbocycles. The number of rotatable bonds is 1. The van der Waals surface area contributed by atoms with Gasteiger partial charge in [0.25, 0.3) is 0 Å². The summed E-state index contributed by atoms with van der Waals surface area (Å²) >= 11 is -1.57. The van der Waals surface area contributed by atoms with Crippen molar-refractivity contribution in [3.63, 3.8) is 0 Å². The molecule has 0 fully saturated rings. The summed E-state index contributed by atoms with van der Waals surface area (Å²) in [7, 11) is 0. The lowest BCUT2D eigenvalue weighted by atomic mass is 11.0. The second-order valence-corrected chi connectivity index (χ2v) is 1.83. The molecule has 5 N–H and O–H groups in total.